The molecule has 0 spiro atoms. The van der Waals surface area contributed by atoms with Gasteiger partial charge in [0.2, 0.25) is 11.8 Å². The molecule has 9 heteroatoms. The number of carbonyl (C=O) groups excluding carboxylic acids is 2. The van der Waals surface area contributed by atoms with Gasteiger partial charge in [-0.1, -0.05) is 12.1 Å². The number of aliphatic hydroxyl groups excluding tert-OH is 1. The zero-order chi connectivity index (χ0) is 18.3. The molecule has 2 amide bonds. The molecule has 3 atom stereocenters. The van der Waals surface area contributed by atoms with Crippen molar-refractivity contribution < 1.29 is 29.7 Å². The molecule has 1 rings (SSSR count). The number of rotatable bonds is 8. The average Bonchev–Trinajstić information content (AvgIpc) is 2.54. The van der Waals surface area contributed by atoms with Gasteiger partial charge in [-0.2, -0.15) is 0 Å². The number of carboxylic acid groups (broad SMARTS) is 1. The highest BCUT2D eigenvalue weighted by Crippen LogP contribution is 2.11. The molecule has 0 bridgehead atoms. The molecule has 0 aliphatic heterocycles. The number of nitrogens with one attached hydrogen (secondary N) is 2. The minimum atomic E-state index is -1.23. The Labute approximate surface area is 138 Å². The molecule has 3 unspecified atom stereocenters. The van der Waals surface area contributed by atoms with Crippen LogP contribution in [0.5, 0.6) is 5.75 Å². The number of nitrogens with two attached hydrogens (primary N) is 1. The van der Waals surface area contributed by atoms with Gasteiger partial charge in [0.05, 0.1) is 6.61 Å². The molecule has 0 aromatic heterocycles. The molecular weight excluding hydrogens is 318 g/mol. The van der Waals surface area contributed by atoms with Gasteiger partial charge in [0.15, 0.2) is 0 Å². The van der Waals surface area contributed by atoms with Crippen LogP contribution in [0.1, 0.15) is 12.5 Å². The van der Waals surface area contributed by atoms with Crippen LogP contribution in [-0.2, 0) is 20.8 Å². The van der Waals surface area contributed by atoms with Crippen LogP contribution < -0.4 is 16.4 Å². The van der Waals surface area contributed by atoms with Gasteiger partial charge in [0.25, 0.3) is 0 Å². The van der Waals surface area contributed by atoms with E-state index in [1.54, 1.807) is 12.1 Å². The fourth-order valence-corrected chi connectivity index (χ4v) is 1.83. The molecule has 132 valence electrons. The summed E-state index contributed by atoms with van der Waals surface area (Å²) < 4.78 is 0. The Morgan fingerprint density at radius 1 is 1.12 bits per heavy atom. The summed E-state index contributed by atoms with van der Waals surface area (Å²) >= 11 is 0. The van der Waals surface area contributed by atoms with Crippen molar-refractivity contribution in [1.82, 2.24) is 10.6 Å². The van der Waals surface area contributed by atoms with Crippen LogP contribution in [0.25, 0.3) is 0 Å². The van der Waals surface area contributed by atoms with Gasteiger partial charge in [0.1, 0.15) is 23.9 Å². The number of hydrogen-bond donors (Lipinski definition) is 6. The largest absolute Gasteiger partial charge is 0.508 e. The highest BCUT2D eigenvalue weighted by Gasteiger charge is 2.25. The predicted octanol–water partition coefficient (Wildman–Crippen LogP) is -1.67. The van der Waals surface area contributed by atoms with Crippen molar-refractivity contribution in [2.24, 2.45) is 5.73 Å². The third-order valence-electron chi connectivity index (χ3n) is 3.28. The first-order valence-electron chi connectivity index (χ1n) is 7.22. The van der Waals surface area contributed by atoms with Crippen molar-refractivity contribution in [1.29, 1.82) is 0 Å². The van der Waals surface area contributed by atoms with Crippen LogP contribution in [0, 0.1) is 0 Å². The second kappa shape index (κ2) is 8.85. The van der Waals surface area contributed by atoms with E-state index in [1.807, 2.05) is 0 Å². The molecule has 9 nitrogen and oxygen atoms in total. The third kappa shape index (κ3) is 5.86. The summed E-state index contributed by atoms with van der Waals surface area (Å²) in [4.78, 5) is 34.8. The number of carbonyl (C=O) groups is 3. The number of carboxylic acids is 1. The van der Waals surface area contributed by atoms with Gasteiger partial charge >= 0.3 is 5.97 Å². The quantitative estimate of drug-likeness (QED) is 0.330. The van der Waals surface area contributed by atoms with Gasteiger partial charge in [-0.25, -0.2) is 4.79 Å². The van der Waals surface area contributed by atoms with Crippen LogP contribution in [0.4, 0.5) is 0 Å². The van der Waals surface area contributed by atoms with Gasteiger partial charge in [-0.15, -0.1) is 0 Å². The van der Waals surface area contributed by atoms with Gasteiger partial charge < -0.3 is 31.7 Å². The van der Waals surface area contributed by atoms with Crippen molar-refractivity contribution in [2.45, 2.75) is 31.5 Å². The second-order valence-corrected chi connectivity index (χ2v) is 5.29. The van der Waals surface area contributed by atoms with Crippen LogP contribution in [0.3, 0.4) is 0 Å². The van der Waals surface area contributed by atoms with E-state index in [2.05, 4.69) is 10.6 Å². The molecule has 0 radical (unpaired) electrons. The Balaban J connectivity index is 2.67. The Morgan fingerprint density at radius 2 is 1.71 bits per heavy atom. The number of aliphatic carboxylic acids is 1. The first-order valence-corrected chi connectivity index (χ1v) is 7.22. The second-order valence-electron chi connectivity index (χ2n) is 5.29. The highest BCUT2D eigenvalue weighted by atomic mass is 16.4. The Morgan fingerprint density at radius 3 is 2.21 bits per heavy atom. The number of amides is 2. The van der Waals surface area contributed by atoms with E-state index in [0.717, 1.165) is 0 Å². The van der Waals surface area contributed by atoms with E-state index in [4.69, 9.17) is 10.8 Å². The number of phenols is 1. The summed E-state index contributed by atoms with van der Waals surface area (Å²) in [7, 11) is 0. The number of benzene rings is 1. The van der Waals surface area contributed by atoms with Crippen molar-refractivity contribution >= 4 is 17.8 Å². The van der Waals surface area contributed by atoms with Crippen molar-refractivity contribution in [3.63, 3.8) is 0 Å². The number of aromatic hydroxyl groups is 1. The zero-order valence-corrected chi connectivity index (χ0v) is 13.1. The lowest BCUT2D eigenvalue weighted by atomic mass is 10.1. The SMILES string of the molecule is CC(NC(=O)C(N)CO)C(=O)NC(Cc1ccc(O)cc1)C(=O)O. The molecule has 0 aliphatic rings. The topological polar surface area (TPSA) is 162 Å². The maximum Gasteiger partial charge on any atom is 0.326 e. The summed E-state index contributed by atoms with van der Waals surface area (Å²) in [5, 5.41) is 31.8. The summed E-state index contributed by atoms with van der Waals surface area (Å²) in [6.07, 6.45) is 0.0121. The fourth-order valence-electron chi connectivity index (χ4n) is 1.83. The van der Waals surface area contributed by atoms with E-state index in [0.29, 0.717) is 5.56 Å². The first-order chi connectivity index (χ1) is 11.2. The normalized spacial score (nSPS) is 14.3. The van der Waals surface area contributed by atoms with Crippen LogP contribution in [0.15, 0.2) is 24.3 Å². The predicted molar refractivity (Wildman–Crippen MR) is 84.0 cm³/mol. The minimum absolute atomic E-state index is 0.0121. The summed E-state index contributed by atoms with van der Waals surface area (Å²) in [6, 6.07) is 2.54. The number of aliphatic hydroxyl groups is 1. The molecule has 0 aliphatic carbocycles. The average molecular weight is 339 g/mol. The van der Waals surface area contributed by atoms with Crippen LogP contribution in [0.2, 0.25) is 0 Å². The van der Waals surface area contributed by atoms with Gasteiger partial charge in [-0.05, 0) is 24.6 Å². The molecule has 0 saturated carbocycles. The first kappa shape index (κ1) is 19.4. The molecule has 0 saturated heterocycles. The van der Waals surface area contributed by atoms with E-state index in [-0.39, 0.29) is 12.2 Å². The van der Waals surface area contributed by atoms with E-state index < -0.39 is 42.5 Å². The Bertz CT molecular complexity index is 589. The smallest absolute Gasteiger partial charge is 0.326 e. The zero-order valence-electron chi connectivity index (χ0n) is 13.1. The summed E-state index contributed by atoms with van der Waals surface area (Å²) in [6.45, 7) is 0.801. The maximum atomic E-state index is 12.0. The van der Waals surface area contributed by atoms with Gasteiger partial charge in [0, 0.05) is 6.42 Å². The van der Waals surface area contributed by atoms with E-state index >= 15 is 0 Å². The lowest BCUT2D eigenvalue weighted by Gasteiger charge is -2.20. The molecule has 1 aromatic rings. The Hall–Kier alpha value is -2.65. The van der Waals surface area contributed by atoms with Crippen LogP contribution >= 0.6 is 0 Å². The van der Waals surface area contributed by atoms with Gasteiger partial charge in [-0.3, -0.25) is 9.59 Å². The lowest BCUT2D eigenvalue weighted by Crippen LogP contribution is -2.54. The Kier molecular flexibility index (Phi) is 7.15. The standard InChI is InChI=1S/C15H21N3O6/c1-8(17-14(22)11(16)7-19)13(21)18-12(15(23)24)6-9-2-4-10(20)5-3-9/h2-5,8,11-12,19-20H,6-7,16H2,1H3,(H,17,22)(H,18,21)(H,23,24). The fraction of sp³-hybridized carbons (Fsp3) is 0.400. The molecule has 24 heavy (non-hydrogen) atoms. The van der Waals surface area contributed by atoms with Crippen molar-refractivity contribution in [3.8, 4) is 5.75 Å². The van der Waals surface area contributed by atoms with Crippen molar-refractivity contribution in [2.75, 3.05) is 6.61 Å². The summed E-state index contributed by atoms with van der Waals surface area (Å²) in [5.74, 6) is -2.60. The minimum Gasteiger partial charge on any atom is -0.508 e. The molecule has 7 N–H and O–H groups in total. The lowest BCUT2D eigenvalue weighted by molar-refractivity contribution is -0.142. The molecule has 0 fully saturated rings. The van der Waals surface area contributed by atoms with Crippen molar-refractivity contribution in [3.05, 3.63) is 29.8 Å². The monoisotopic (exact) mass is 339 g/mol. The third-order valence-corrected chi connectivity index (χ3v) is 3.28. The van der Waals surface area contributed by atoms with E-state index in [9.17, 15) is 24.6 Å². The number of phenolic OH excluding ortho intramolecular Hbond substituents is 1. The van der Waals surface area contributed by atoms with E-state index in [1.165, 1.54) is 19.1 Å². The number of hydrogen-bond acceptors (Lipinski definition) is 6. The van der Waals surface area contributed by atoms with Crippen LogP contribution in [-0.4, -0.2) is 57.8 Å². The summed E-state index contributed by atoms with van der Waals surface area (Å²) in [5.41, 5.74) is 5.93. The highest BCUT2D eigenvalue weighted by molar-refractivity contribution is 5.91. The molecule has 0 heterocycles. The molecular formula is C15H21N3O6. The molecule has 1 aromatic carbocycles. The maximum absolute atomic E-state index is 12.0.